The smallest absolute Gasteiger partial charge is 0.0547 e. The summed E-state index contributed by atoms with van der Waals surface area (Å²) in [6.45, 7) is 5.87. The molecule has 4 nitrogen and oxygen atoms in total. The minimum Gasteiger partial charge on any atom is -0.288 e. The van der Waals surface area contributed by atoms with E-state index in [1.165, 1.54) is 0 Å². The highest BCUT2D eigenvalue weighted by Gasteiger charge is 1.78. The van der Waals surface area contributed by atoms with E-state index in [0.717, 1.165) is 5.70 Å². The quantitative estimate of drug-likeness (QED) is 0.271. The van der Waals surface area contributed by atoms with Gasteiger partial charge in [-0.2, -0.15) is 5.11 Å². The highest BCUT2D eigenvalue weighted by Crippen LogP contribution is 1.88. The molecular weight excluding hydrogens is 128 g/mol. The lowest BCUT2D eigenvalue weighted by molar-refractivity contribution is 0.750. The van der Waals surface area contributed by atoms with Crippen molar-refractivity contribution < 1.29 is 0 Å². The Kier molecular flexibility index (Phi) is 5.23. The first-order valence-corrected chi connectivity index (χ1v) is 2.96. The number of aliphatic imine (C=N–C) groups is 1. The molecule has 0 aromatic carbocycles. The molecule has 0 aliphatic heterocycles. The minimum absolute atomic E-state index is 0.641. The monoisotopic (exact) mass is 140 g/mol. The summed E-state index contributed by atoms with van der Waals surface area (Å²) in [5.74, 6) is 0. The molecule has 10 heavy (non-hydrogen) atoms. The van der Waals surface area contributed by atoms with Crippen LogP contribution in [0.25, 0.3) is 0 Å². The van der Waals surface area contributed by atoms with Gasteiger partial charge in [-0.15, -0.1) is 0 Å². The van der Waals surface area contributed by atoms with E-state index in [4.69, 9.17) is 0 Å². The predicted molar refractivity (Wildman–Crippen MR) is 42.1 cm³/mol. The molecule has 4 heteroatoms. The van der Waals surface area contributed by atoms with E-state index < -0.39 is 0 Å². The molecule has 0 fully saturated rings. The van der Waals surface area contributed by atoms with Gasteiger partial charge in [-0.05, 0) is 19.7 Å². The second-order valence-corrected chi connectivity index (χ2v) is 1.67. The molecule has 0 atom stereocenters. The van der Waals surface area contributed by atoms with E-state index in [1.807, 2.05) is 13.0 Å². The summed E-state index contributed by atoms with van der Waals surface area (Å²) in [5, 5.41) is 7.04. The molecule has 0 aromatic rings. The van der Waals surface area contributed by atoms with Crippen molar-refractivity contribution in [1.29, 1.82) is 0 Å². The lowest BCUT2D eigenvalue weighted by atomic mass is 10.4. The number of hydrogen-bond acceptors (Lipinski definition) is 3. The fourth-order valence-corrected chi connectivity index (χ4v) is 0.369. The largest absolute Gasteiger partial charge is 0.288 e. The lowest BCUT2D eigenvalue weighted by Gasteiger charge is -1.91. The van der Waals surface area contributed by atoms with Gasteiger partial charge in [-0.3, -0.25) is 10.4 Å². The van der Waals surface area contributed by atoms with Crippen molar-refractivity contribution in [1.82, 2.24) is 5.43 Å². The van der Waals surface area contributed by atoms with Gasteiger partial charge in [0.25, 0.3) is 0 Å². The summed E-state index contributed by atoms with van der Waals surface area (Å²) < 4.78 is 0. The van der Waals surface area contributed by atoms with E-state index >= 15 is 0 Å². The average molecular weight is 140 g/mol. The lowest BCUT2D eigenvalue weighted by Crippen LogP contribution is -2.03. The van der Waals surface area contributed by atoms with Crippen LogP contribution in [0.1, 0.15) is 6.92 Å². The van der Waals surface area contributed by atoms with E-state index in [1.54, 1.807) is 7.05 Å². The summed E-state index contributed by atoms with van der Waals surface area (Å²) in [7, 11) is 1.61. The molecule has 0 aliphatic rings. The molecule has 0 bridgehead atoms. The minimum atomic E-state index is 0.641. The highest BCUT2D eigenvalue weighted by molar-refractivity contribution is 5.28. The van der Waals surface area contributed by atoms with E-state index in [0.29, 0.717) is 6.54 Å². The van der Waals surface area contributed by atoms with Crippen molar-refractivity contribution >= 4 is 6.72 Å². The molecule has 1 N–H and O–H groups in total. The average Bonchev–Trinajstić information content (AvgIpc) is 1.98. The standard InChI is InChI=1S/C6H12N4/c1-6(7-2)4-5-9-10-8-3/h4H,2,5H2,1,3H3,(H,8,9)/b6-4-. The first kappa shape index (κ1) is 8.81. The van der Waals surface area contributed by atoms with Gasteiger partial charge >= 0.3 is 0 Å². The van der Waals surface area contributed by atoms with Gasteiger partial charge in [0.1, 0.15) is 0 Å². The van der Waals surface area contributed by atoms with Crippen LogP contribution < -0.4 is 5.43 Å². The zero-order chi connectivity index (χ0) is 7.82. The molecule has 0 aromatic heterocycles. The van der Waals surface area contributed by atoms with Crippen molar-refractivity contribution in [3.63, 3.8) is 0 Å². The van der Waals surface area contributed by atoms with Crippen LogP contribution in [0.15, 0.2) is 27.1 Å². The first-order valence-electron chi connectivity index (χ1n) is 2.96. The van der Waals surface area contributed by atoms with Crippen LogP contribution in [0.4, 0.5) is 0 Å². The molecule has 0 saturated carbocycles. The molecule has 0 saturated heterocycles. The molecule has 0 unspecified atom stereocenters. The third-order valence-electron chi connectivity index (χ3n) is 0.909. The van der Waals surface area contributed by atoms with Gasteiger partial charge in [0, 0.05) is 5.70 Å². The number of allylic oxidation sites excluding steroid dienone is 1. The van der Waals surface area contributed by atoms with Crippen molar-refractivity contribution in [3.8, 4) is 0 Å². The third kappa shape index (κ3) is 4.96. The summed E-state index contributed by atoms with van der Waals surface area (Å²) in [6.07, 6.45) is 1.88. The van der Waals surface area contributed by atoms with Crippen LogP contribution in [0.3, 0.4) is 0 Å². The number of nitrogens with one attached hydrogen (secondary N) is 1. The Hall–Kier alpha value is -1.19. The maximum atomic E-state index is 3.68. The first-order chi connectivity index (χ1) is 4.81. The molecule has 0 amide bonds. The summed E-state index contributed by atoms with van der Waals surface area (Å²) >= 11 is 0. The topological polar surface area (TPSA) is 49.1 Å². The van der Waals surface area contributed by atoms with Gasteiger partial charge in [-0.1, -0.05) is 5.22 Å². The van der Waals surface area contributed by atoms with Crippen LogP contribution in [0.5, 0.6) is 0 Å². The predicted octanol–water partition coefficient (Wildman–Crippen LogP) is 1.18. The van der Waals surface area contributed by atoms with E-state index in [2.05, 4.69) is 27.5 Å². The zero-order valence-electron chi connectivity index (χ0n) is 6.33. The fraction of sp³-hybridized carbons (Fsp3) is 0.500. The number of hydrogen-bond donors (Lipinski definition) is 1. The Morgan fingerprint density at radius 2 is 2.40 bits per heavy atom. The maximum absolute atomic E-state index is 3.68. The molecule has 0 radical (unpaired) electrons. The van der Waals surface area contributed by atoms with Gasteiger partial charge in [0.05, 0.1) is 13.6 Å². The van der Waals surface area contributed by atoms with Crippen LogP contribution in [-0.2, 0) is 0 Å². The molecule has 0 rings (SSSR count). The summed E-state index contributed by atoms with van der Waals surface area (Å²) in [6, 6.07) is 0. The van der Waals surface area contributed by atoms with Gasteiger partial charge in [0.2, 0.25) is 0 Å². The van der Waals surface area contributed by atoms with Crippen molar-refractivity contribution in [3.05, 3.63) is 11.8 Å². The molecule has 0 heterocycles. The molecule has 0 aliphatic carbocycles. The van der Waals surface area contributed by atoms with Gasteiger partial charge in [-0.25, -0.2) is 0 Å². The SMILES string of the molecule is C=N/C(C)=C\CNN=NC. The van der Waals surface area contributed by atoms with Crippen molar-refractivity contribution in [2.75, 3.05) is 13.6 Å². The molecular formula is C6H12N4. The normalized spacial score (nSPS) is 12.0. The molecule has 56 valence electrons. The number of rotatable bonds is 4. The second-order valence-electron chi connectivity index (χ2n) is 1.67. The maximum Gasteiger partial charge on any atom is 0.0547 e. The fourth-order valence-electron chi connectivity index (χ4n) is 0.369. The Balaban J connectivity index is 3.42. The van der Waals surface area contributed by atoms with Crippen LogP contribution in [-0.4, -0.2) is 20.3 Å². The number of nitrogens with zero attached hydrogens (tertiary/aromatic N) is 3. The Labute approximate surface area is 60.7 Å². The molecule has 0 spiro atoms. The summed E-state index contributed by atoms with van der Waals surface area (Å²) in [5.41, 5.74) is 3.58. The van der Waals surface area contributed by atoms with Crippen LogP contribution in [0.2, 0.25) is 0 Å². The van der Waals surface area contributed by atoms with Gasteiger partial charge < -0.3 is 0 Å². The van der Waals surface area contributed by atoms with Gasteiger partial charge in [0.15, 0.2) is 0 Å². The third-order valence-corrected chi connectivity index (χ3v) is 0.909. The second kappa shape index (κ2) is 5.94. The van der Waals surface area contributed by atoms with Crippen molar-refractivity contribution in [2.24, 2.45) is 15.3 Å². The van der Waals surface area contributed by atoms with Crippen LogP contribution >= 0.6 is 0 Å². The Bertz CT molecular complexity index is 148. The van der Waals surface area contributed by atoms with Crippen LogP contribution in [0, 0.1) is 0 Å². The zero-order valence-corrected chi connectivity index (χ0v) is 6.33. The summed E-state index contributed by atoms with van der Waals surface area (Å²) in [4.78, 5) is 3.68. The van der Waals surface area contributed by atoms with E-state index in [9.17, 15) is 0 Å². The van der Waals surface area contributed by atoms with Crippen molar-refractivity contribution in [2.45, 2.75) is 6.92 Å². The highest BCUT2D eigenvalue weighted by atomic mass is 15.4. The van der Waals surface area contributed by atoms with E-state index in [-0.39, 0.29) is 0 Å². The Morgan fingerprint density at radius 1 is 1.70 bits per heavy atom. The Morgan fingerprint density at radius 3 is 2.90 bits per heavy atom.